The molecular formula is C47H76O9S. The Balaban J connectivity index is 1.11. The third kappa shape index (κ3) is 17.4. The van der Waals surface area contributed by atoms with Crippen molar-refractivity contribution in [3.8, 4) is 11.8 Å². The number of ether oxygens (including phenoxy) is 7. The number of cyclic esters (lactones) is 1. The van der Waals surface area contributed by atoms with Crippen LogP contribution in [-0.4, -0.2) is 92.5 Å². The summed E-state index contributed by atoms with van der Waals surface area (Å²) >= 11 is 1.66. The number of benzene rings is 1. The summed E-state index contributed by atoms with van der Waals surface area (Å²) in [5, 5.41) is 10.7. The maximum Gasteiger partial charge on any atom is 0.322 e. The van der Waals surface area contributed by atoms with Gasteiger partial charge in [0.05, 0.1) is 42.7 Å². The van der Waals surface area contributed by atoms with Crippen LogP contribution in [0.15, 0.2) is 35.2 Å². The Morgan fingerprint density at radius 1 is 0.754 bits per heavy atom. The van der Waals surface area contributed by atoms with Crippen LogP contribution in [0.1, 0.15) is 162 Å². The zero-order valence-corrected chi connectivity index (χ0v) is 36.6. The summed E-state index contributed by atoms with van der Waals surface area (Å²) in [4.78, 5) is 14.0. The van der Waals surface area contributed by atoms with E-state index in [1.165, 1.54) is 44.9 Å². The average Bonchev–Trinajstić information content (AvgIpc) is 3.96. The van der Waals surface area contributed by atoms with Gasteiger partial charge in [-0.3, -0.25) is 4.79 Å². The van der Waals surface area contributed by atoms with Gasteiger partial charge in [-0.05, 0) is 64.0 Å². The van der Waals surface area contributed by atoms with Crippen molar-refractivity contribution in [2.45, 2.75) is 220 Å². The molecule has 4 rings (SSSR count). The summed E-state index contributed by atoms with van der Waals surface area (Å²) in [6.45, 7) is 4.74. The van der Waals surface area contributed by atoms with Crippen LogP contribution >= 0.6 is 11.8 Å². The minimum atomic E-state index is -0.487. The van der Waals surface area contributed by atoms with E-state index in [-0.39, 0.29) is 55.5 Å². The molecule has 57 heavy (non-hydrogen) atoms. The molecule has 0 amide bonds. The van der Waals surface area contributed by atoms with Gasteiger partial charge >= 0.3 is 5.97 Å². The van der Waals surface area contributed by atoms with Gasteiger partial charge in [0.15, 0.2) is 0 Å². The molecule has 3 saturated heterocycles. The first kappa shape index (κ1) is 48.0. The van der Waals surface area contributed by atoms with Gasteiger partial charge in [-0.1, -0.05) is 109 Å². The van der Waals surface area contributed by atoms with Crippen LogP contribution in [0.5, 0.6) is 0 Å². The number of hydrogen-bond acceptors (Lipinski definition) is 10. The summed E-state index contributed by atoms with van der Waals surface area (Å²) in [6, 6.07) is 10.2. The second-order valence-corrected chi connectivity index (χ2v) is 18.1. The first-order valence-corrected chi connectivity index (χ1v) is 23.3. The highest BCUT2D eigenvalue weighted by atomic mass is 32.2. The summed E-state index contributed by atoms with van der Waals surface area (Å²) in [6.07, 6.45) is 23.1. The zero-order chi connectivity index (χ0) is 40.6. The fourth-order valence-corrected chi connectivity index (χ4v) is 10.1. The molecule has 0 aliphatic carbocycles. The predicted molar refractivity (Wildman–Crippen MR) is 227 cm³/mol. The molecule has 0 spiro atoms. The molecule has 9 nitrogen and oxygen atoms in total. The van der Waals surface area contributed by atoms with Crippen molar-refractivity contribution in [2.24, 2.45) is 0 Å². The number of hydrogen-bond donors (Lipinski definition) is 1. The number of carbonyl (C=O) groups is 1. The Bertz CT molecular complexity index is 1270. The van der Waals surface area contributed by atoms with Gasteiger partial charge in [-0.2, -0.15) is 0 Å². The largest absolute Gasteiger partial charge is 0.462 e. The van der Waals surface area contributed by atoms with E-state index >= 15 is 0 Å². The van der Waals surface area contributed by atoms with Crippen molar-refractivity contribution in [2.75, 3.05) is 27.8 Å². The van der Waals surface area contributed by atoms with Crippen LogP contribution in [-0.2, 0) is 38.0 Å². The molecule has 1 aromatic carbocycles. The van der Waals surface area contributed by atoms with E-state index < -0.39 is 10.9 Å². The van der Waals surface area contributed by atoms with E-state index in [0.29, 0.717) is 19.6 Å². The molecule has 1 N–H and O–H groups in total. The molecule has 3 fully saturated rings. The molecular weight excluding hydrogens is 741 g/mol. The van der Waals surface area contributed by atoms with E-state index in [2.05, 4.69) is 30.9 Å². The van der Waals surface area contributed by atoms with E-state index in [9.17, 15) is 9.90 Å². The molecule has 0 saturated carbocycles. The lowest BCUT2D eigenvalue weighted by atomic mass is 9.96. The van der Waals surface area contributed by atoms with E-state index in [1.54, 1.807) is 26.0 Å². The molecule has 3 aliphatic rings. The minimum Gasteiger partial charge on any atom is -0.462 e. The van der Waals surface area contributed by atoms with Gasteiger partial charge < -0.3 is 38.3 Å². The van der Waals surface area contributed by atoms with Gasteiger partial charge in [0.25, 0.3) is 0 Å². The number of rotatable bonds is 30. The third-order valence-electron chi connectivity index (χ3n) is 11.8. The molecule has 0 bridgehead atoms. The maximum atomic E-state index is 12.9. The summed E-state index contributed by atoms with van der Waals surface area (Å²) < 4.78 is 41.1. The van der Waals surface area contributed by atoms with Crippen LogP contribution < -0.4 is 0 Å². The van der Waals surface area contributed by atoms with Crippen molar-refractivity contribution in [3.05, 3.63) is 30.3 Å². The molecule has 9 atom stereocenters. The highest BCUT2D eigenvalue weighted by Gasteiger charge is 2.48. The van der Waals surface area contributed by atoms with Gasteiger partial charge in [-0.25, -0.2) is 0 Å². The lowest BCUT2D eigenvalue weighted by Gasteiger charge is -2.27. The molecule has 1 aromatic rings. The average molecular weight is 817 g/mol. The number of thioether (sulfide) groups is 1. The Morgan fingerprint density at radius 2 is 1.32 bits per heavy atom. The number of methoxy groups -OCH3 is 2. The van der Waals surface area contributed by atoms with Gasteiger partial charge in [-0.15, -0.1) is 23.6 Å². The Hall–Kier alpha value is -1.68. The lowest BCUT2D eigenvalue weighted by Crippen LogP contribution is -2.35. The molecule has 10 heteroatoms. The van der Waals surface area contributed by atoms with Gasteiger partial charge in [0, 0.05) is 38.4 Å². The van der Waals surface area contributed by atoms with Crippen LogP contribution in [0.3, 0.4) is 0 Å². The van der Waals surface area contributed by atoms with Crippen molar-refractivity contribution in [3.63, 3.8) is 0 Å². The van der Waals surface area contributed by atoms with Crippen LogP contribution in [0, 0.1) is 11.8 Å². The second kappa shape index (κ2) is 28.0. The highest BCUT2D eigenvalue weighted by Crippen LogP contribution is 2.46. The second-order valence-electron chi connectivity index (χ2n) is 16.6. The predicted octanol–water partition coefficient (Wildman–Crippen LogP) is 10.3. The zero-order valence-electron chi connectivity index (χ0n) is 35.8. The maximum absolute atomic E-state index is 12.9. The van der Waals surface area contributed by atoms with Gasteiger partial charge in [0.2, 0.25) is 0 Å². The fraction of sp³-hybridized carbons (Fsp3) is 0.809. The van der Waals surface area contributed by atoms with Crippen molar-refractivity contribution < 1.29 is 43.1 Å². The molecule has 0 radical (unpaired) electrons. The molecule has 0 unspecified atom stereocenters. The van der Waals surface area contributed by atoms with Crippen molar-refractivity contribution in [1.29, 1.82) is 0 Å². The number of aliphatic hydroxyl groups is 1. The van der Waals surface area contributed by atoms with Crippen LogP contribution in [0.25, 0.3) is 0 Å². The van der Waals surface area contributed by atoms with Crippen molar-refractivity contribution >= 4 is 17.7 Å². The lowest BCUT2D eigenvalue weighted by molar-refractivity contribution is -0.156. The first-order chi connectivity index (χ1) is 27.9. The van der Waals surface area contributed by atoms with Crippen molar-refractivity contribution in [1.82, 2.24) is 0 Å². The number of carbonyl (C=O) groups excluding carboxylic acids is 1. The summed E-state index contributed by atoms with van der Waals surface area (Å²) in [5.41, 5.74) is 0. The number of unbranched alkanes of at least 4 members (excludes halogenated alkanes) is 11. The molecule has 324 valence electrons. The van der Waals surface area contributed by atoms with E-state index in [0.717, 1.165) is 94.8 Å². The molecule has 0 aromatic heterocycles. The minimum absolute atomic E-state index is 0.0341. The monoisotopic (exact) mass is 817 g/mol. The fourth-order valence-electron chi connectivity index (χ4n) is 8.65. The Labute approximate surface area is 349 Å². The van der Waals surface area contributed by atoms with Gasteiger partial charge in [0.1, 0.15) is 24.4 Å². The Morgan fingerprint density at radius 3 is 1.93 bits per heavy atom. The standard InChI is InChI=1S/C47H76O9S/c1-5-6-7-8-9-10-13-19-27-40(52-35-50-3)42-29-31-44(55-42)45-32-30-43(56-45)41(53-36-51-4)28-21-20-24-38(48)23-16-12-11-14-22-33-47(34-37(2)54-46(47)49)57-39-25-17-15-18-26-39/h15,17-18,25-26,37-38,40-45,48H,5-14,16,19,22-24,27-36H2,1-4H3/t37-,38+,40+,41+,42+,43+,44-,45+,47+/m0/s1. The Kier molecular flexibility index (Phi) is 23.5. The number of aliphatic hydroxyl groups excluding tert-OH is 1. The SMILES string of the molecule is CCCCCCCCCC[C@@H](OCOC)[C@H]1CC[C@@H]([C@H]2CC[C@H]([C@@H](CC#CC[C@H](O)CCCCCCC[C@@]3(Sc4ccccc4)C[C@H](C)OC3=O)OCOC)O2)O1. The normalized spacial score (nSPS) is 26.3. The topological polar surface area (TPSA) is 102 Å². The summed E-state index contributed by atoms with van der Waals surface area (Å²) in [7, 11) is 3.31. The molecule has 3 aliphatic heterocycles. The highest BCUT2D eigenvalue weighted by molar-refractivity contribution is 8.01. The molecule has 3 heterocycles. The smallest absolute Gasteiger partial charge is 0.322 e. The number of esters is 1. The van der Waals surface area contributed by atoms with E-state index in [4.69, 9.17) is 33.2 Å². The van der Waals surface area contributed by atoms with Crippen LogP contribution in [0.2, 0.25) is 0 Å². The first-order valence-electron chi connectivity index (χ1n) is 22.5. The van der Waals surface area contributed by atoms with E-state index in [1.807, 2.05) is 25.1 Å². The quantitative estimate of drug-likeness (QED) is 0.0349. The third-order valence-corrected chi connectivity index (χ3v) is 13.2. The van der Waals surface area contributed by atoms with Crippen LogP contribution in [0.4, 0.5) is 0 Å². The summed E-state index contributed by atoms with van der Waals surface area (Å²) in [5.74, 6) is 6.41.